The van der Waals surface area contributed by atoms with Crippen LogP contribution in [-0.4, -0.2) is 46.2 Å². The second-order valence-electron chi connectivity index (χ2n) is 12.2. The number of aryl methyl sites for hydroxylation is 1. The van der Waals surface area contributed by atoms with E-state index in [4.69, 9.17) is 26.1 Å². The number of nitrogens with zero attached hydrogens (tertiary/aromatic N) is 2. The highest BCUT2D eigenvalue weighted by molar-refractivity contribution is 6.30. The highest BCUT2D eigenvalue weighted by Crippen LogP contribution is 2.69. The minimum Gasteiger partial charge on any atom is -0.504 e. The molecular formula is C35H31ClN2O4. The second-order valence-corrected chi connectivity index (χ2v) is 12.6. The number of rotatable bonds is 5. The monoisotopic (exact) mass is 578 g/mol. The molecule has 1 N–H and O–H groups in total. The summed E-state index contributed by atoms with van der Waals surface area (Å²) in [6.07, 6.45) is 4.30. The maximum atomic E-state index is 13.8. The van der Waals surface area contributed by atoms with Crippen LogP contribution < -0.4 is 4.74 Å². The fraction of sp³-hybridized carbons (Fsp3) is 0.314. The van der Waals surface area contributed by atoms with Crippen molar-refractivity contribution in [2.75, 3.05) is 13.6 Å². The zero-order valence-electron chi connectivity index (χ0n) is 23.3. The van der Waals surface area contributed by atoms with E-state index in [1.54, 1.807) is 6.07 Å². The highest BCUT2D eigenvalue weighted by Gasteiger charge is 2.74. The number of carbonyl (C=O) groups is 1. The van der Waals surface area contributed by atoms with Crippen molar-refractivity contribution in [1.29, 1.82) is 0 Å². The molecule has 212 valence electrons. The number of piperidine rings is 1. The molecule has 6 nitrogen and oxygen atoms in total. The largest absolute Gasteiger partial charge is 0.504 e. The third-order valence-corrected chi connectivity index (χ3v) is 10.3. The van der Waals surface area contributed by atoms with E-state index in [1.807, 2.05) is 66.9 Å². The van der Waals surface area contributed by atoms with Crippen molar-refractivity contribution >= 4 is 17.6 Å². The summed E-state index contributed by atoms with van der Waals surface area (Å²) < 4.78 is 13.6. The summed E-state index contributed by atoms with van der Waals surface area (Å²) in [5, 5.41) is 11.7. The van der Waals surface area contributed by atoms with E-state index in [1.165, 1.54) is 0 Å². The number of aromatic nitrogens is 1. The fourth-order valence-corrected chi connectivity index (χ4v) is 8.35. The molecule has 2 aliphatic carbocycles. The molecule has 1 unspecified atom stereocenters. The second kappa shape index (κ2) is 9.32. The molecule has 1 fully saturated rings. The predicted octanol–water partition coefficient (Wildman–Crippen LogP) is 6.21. The SMILES string of the molecule is CN1CC[C@]23c4c5ccc(O)c4O[C@H]2c2ncc(-c4ccc(Cl)cc4)cc2C[C@@]3(OC(=O)CCc2ccccc2)C1C5. The maximum Gasteiger partial charge on any atom is 0.306 e. The van der Waals surface area contributed by atoms with Crippen molar-refractivity contribution in [2.24, 2.45) is 0 Å². The lowest BCUT2D eigenvalue weighted by Crippen LogP contribution is -2.75. The smallest absolute Gasteiger partial charge is 0.306 e. The molecule has 3 heterocycles. The van der Waals surface area contributed by atoms with Crippen molar-refractivity contribution in [2.45, 2.75) is 55.3 Å². The quantitative estimate of drug-likeness (QED) is 0.284. The van der Waals surface area contributed by atoms with E-state index >= 15 is 0 Å². The maximum absolute atomic E-state index is 13.8. The lowest BCUT2D eigenvalue weighted by molar-refractivity contribution is -0.207. The first-order valence-electron chi connectivity index (χ1n) is 14.6. The lowest BCUT2D eigenvalue weighted by Gasteiger charge is -2.63. The number of likely N-dealkylation sites (N-methyl/N-ethyl adjacent to an activating group) is 1. The van der Waals surface area contributed by atoms with E-state index in [9.17, 15) is 9.90 Å². The fourth-order valence-electron chi connectivity index (χ4n) is 8.22. The van der Waals surface area contributed by atoms with Gasteiger partial charge in [-0.15, -0.1) is 0 Å². The number of fused-ring (bicyclic) bond motifs is 2. The Hall–Kier alpha value is -3.87. The number of likely N-dealkylation sites (tertiary alicyclic amines) is 1. The number of phenols is 1. The Balaban J connectivity index is 1.28. The number of ether oxygens (including phenoxy) is 2. The Kier molecular flexibility index (Phi) is 5.72. The van der Waals surface area contributed by atoms with Gasteiger partial charge in [0, 0.05) is 35.2 Å². The van der Waals surface area contributed by atoms with Crippen LogP contribution in [0.25, 0.3) is 11.1 Å². The van der Waals surface area contributed by atoms with Gasteiger partial charge in [-0.2, -0.15) is 0 Å². The summed E-state index contributed by atoms with van der Waals surface area (Å²) in [5.41, 5.74) is 5.59. The molecule has 2 bridgehead atoms. The Labute approximate surface area is 249 Å². The molecule has 1 aromatic heterocycles. The molecule has 4 aliphatic rings. The van der Waals surface area contributed by atoms with Gasteiger partial charge in [0.2, 0.25) is 0 Å². The van der Waals surface area contributed by atoms with Gasteiger partial charge in [-0.1, -0.05) is 60.1 Å². The molecule has 0 amide bonds. The van der Waals surface area contributed by atoms with Crippen LogP contribution >= 0.6 is 11.6 Å². The van der Waals surface area contributed by atoms with Crippen LogP contribution in [0, 0.1) is 0 Å². The van der Waals surface area contributed by atoms with Gasteiger partial charge in [0.15, 0.2) is 17.6 Å². The van der Waals surface area contributed by atoms with E-state index in [2.05, 4.69) is 18.0 Å². The minimum atomic E-state index is -0.877. The van der Waals surface area contributed by atoms with Gasteiger partial charge in [0.1, 0.15) is 5.60 Å². The summed E-state index contributed by atoms with van der Waals surface area (Å²) in [6, 6.07) is 23.7. The zero-order chi connectivity index (χ0) is 28.6. The molecule has 7 heteroatoms. The third kappa shape index (κ3) is 3.55. The van der Waals surface area contributed by atoms with Gasteiger partial charge >= 0.3 is 5.97 Å². The van der Waals surface area contributed by atoms with Crippen LogP contribution in [0.15, 0.2) is 79.0 Å². The van der Waals surface area contributed by atoms with Crippen LogP contribution in [0.2, 0.25) is 5.02 Å². The summed E-state index contributed by atoms with van der Waals surface area (Å²) in [5.74, 6) is 0.430. The Morgan fingerprint density at radius 3 is 2.71 bits per heavy atom. The van der Waals surface area contributed by atoms with Crippen molar-refractivity contribution in [3.05, 3.63) is 112 Å². The number of esters is 1. The molecule has 1 spiro atoms. The third-order valence-electron chi connectivity index (χ3n) is 10.1. The molecule has 3 aromatic carbocycles. The van der Waals surface area contributed by atoms with Crippen molar-refractivity contribution in [3.63, 3.8) is 0 Å². The van der Waals surface area contributed by atoms with Crippen LogP contribution in [0.3, 0.4) is 0 Å². The first-order valence-corrected chi connectivity index (χ1v) is 15.0. The lowest BCUT2D eigenvalue weighted by atomic mass is 9.48. The summed E-state index contributed by atoms with van der Waals surface area (Å²) in [6.45, 7) is 0.834. The van der Waals surface area contributed by atoms with Crippen molar-refractivity contribution < 1.29 is 19.4 Å². The molecule has 0 radical (unpaired) electrons. The molecular weight excluding hydrogens is 548 g/mol. The number of carbonyl (C=O) groups excluding carboxylic acids is 1. The minimum absolute atomic E-state index is 0.0478. The van der Waals surface area contributed by atoms with Crippen molar-refractivity contribution in [3.8, 4) is 22.6 Å². The van der Waals surface area contributed by atoms with Gasteiger partial charge in [-0.25, -0.2) is 0 Å². The molecule has 4 atom stereocenters. The average Bonchev–Trinajstić information content (AvgIpc) is 3.36. The molecule has 1 saturated heterocycles. The van der Waals surface area contributed by atoms with E-state index < -0.39 is 17.1 Å². The van der Waals surface area contributed by atoms with Gasteiger partial charge < -0.3 is 14.6 Å². The number of pyridine rings is 1. The Bertz CT molecular complexity index is 1730. The number of benzene rings is 3. The Morgan fingerprint density at radius 2 is 1.90 bits per heavy atom. The van der Waals surface area contributed by atoms with Crippen LogP contribution in [0.4, 0.5) is 0 Å². The van der Waals surface area contributed by atoms with Crippen LogP contribution in [0.5, 0.6) is 11.5 Å². The average molecular weight is 579 g/mol. The molecule has 0 saturated carbocycles. The van der Waals surface area contributed by atoms with E-state index in [0.717, 1.165) is 52.0 Å². The van der Waals surface area contributed by atoms with E-state index in [0.29, 0.717) is 36.5 Å². The number of hydrogen-bond donors (Lipinski definition) is 1. The first kappa shape index (κ1) is 25.8. The van der Waals surface area contributed by atoms with Crippen molar-refractivity contribution in [1.82, 2.24) is 9.88 Å². The first-order chi connectivity index (χ1) is 20.4. The number of hydrogen-bond acceptors (Lipinski definition) is 6. The van der Waals surface area contributed by atoms with Gasteiger partial charge in [0.05, 0.1) is 17.2 Å². The predicted molar refractivity (Wildman–Crippen MR) is 160 cm³/mol. The Morgan fingerprint density at radius 1 is 1.10 bits per heavy atom. The van der Waals surface area contributed by atoms with Gasteiger partial charge in [0.25, 0.3) is 0 Å². The number of aromatic hydroxyl groups is 1. The molecule has 4 aromatic rings. The molecule has 42 heavy (non-hydrogen) atoms. The van der Waals surface area contributed by atoms with Gasteiger partial charge in [-0.3, -0.25) is 14.7 Å². The van der Waals surface area contributed by atoms with E-state index in [-0.39, 0.29) is 17.8 Å². The van der Waals surface area contributed by atoms with Crippen LogP contribution in [0.1, 0.15) is 46.9 Å². The normalized spacial score (nSPS) is 26.6. The standard InChI is InChI=1S/C35H31ClN2O4/c1-38-16-15-34-30-23-10-13-27(39)32(30)41-33(34)31-24(17-25(20-37-31)22-8-11-26(36)12-9-22)19-35(34,28(38)18-23)42-29(40)14-7-21-5-3-2-4-6-21/h2-6,8-13,17,20,28,33,39H,7,14-16,18-19H2,1H3/t28?,33-,34-,35+/m0/s1. The summed E-state index contributed by atoms with van der Waals surface area (Å²) >= 11 is 6.17. The van der Waals surface area contributed by atoms with Gasteiger partial charge in [-0.05, 0) is 79.4 Å². The summed E-state index contributed by atoms with van der Waals surface area (Å²) in [7, 11) is 2.13. The summed E-state index contributed by atoms with van der Waals surface area (Å²) in [4.78, 5) is 21.2. The molecule has 2 aliphatic heterocycles. The number of halogens is 1. The highest BCUT2D eigenvalue weighted by atomic mass is 35.5. The number of phenolic OH excluding ortho intramolecular Hbond substituents is 1. The topological polar surface area (TPSA) is 71.9 Å². The zero-order valence-corrected chi connectivity index (χ0v) is 24.1. The van der Waals surface area contributed by atoms with Crippen LogP contribution in [-0.2, 0) is 34.2 Å². The molecule has 8 rings (SSSR count).